The molecular weight excluding hydrogens is 324 g/mol. The van der Waals surface area contributed by atoms with Gasteiger partial charge in [0.2, 0.25) is 0 Å². The van der Waals surface area contributed by atoms with Crippen molar-refractivity contribution in [2.24, 2.45) is 5.92 Å². The number of nitrogens with zero attached hydrogens (tertiary/aromatic N) is 2. The molecule has 2 aromatic heterocycles. The Kier molecular flexibility index (Phi) is 5.11. The fourth-order valence-corrected chi connectivity index (χ4v) is 3.87. The second kappa shape index (κ2) is 7.27. The molecule has 1 fully saturated rings. The molecule has 2 heterocycles. The maximum Gasteiger partial charge on any atom is 0.263 e. The summed E-state index contributed by atoms with van der Waals surface area (Å²) in [5.41, 5.74) is 1.55. The normalized spacial score (nSPS) is 21.0. The topological polar surface area (TPSA) is 87.1 Å². The molecule has 1 aliphatic carbocycles. The SMILES string of the molecule is CCNc1nc(C)c(C(=O)NC(c2ccccn2)C2CC(O)C2)s1. The van der Waals surface area contributed by atoms with E-state index in [9.17, 15) is 9.90 Å². The van der Waals surface area contributed by atoms with Crippen molar-refractivity contribution in [2.75, 3.05) is 11.9 Å². The molecule has 1 saturated carbocycles. The molecule has 7 heteroatoms. The first kappa shape index (κ1) is 16.9. The van der Waals surface area contributed by atoms with Crippen LogP contribution in [0.3, 0.4) is 0 Å². The lowest BCUT2D eigenvalue weighted by molar-refractivity contribution is 0.0228. The summed E-state index contributed by atoms with van der Waals surface area (Å²) < 4.78 is 0. The molecule has 0 bridgehead atoms. The lowest BCUT2D eigenvalue weighted by atomic mass is 9.76. The number of hydrogen-bond donors (Lipinski definition) is 3. The minimum Gasteiger partial charge on any atom is -0.393 e. The van der Waals surface area contributed by atoms with Crippen LogP contribution in [0.4, 0.5) is 5.13 Å². The van der Waals surface area contributed by atoms with Crippen molar-refractivity contribution in [3.63, 3.8) is 0 Å². The number of carbonyl (C=O) groups excluding carboxylic acids is 1. The van der Waals surface area contributed by atoms with Crippen LogP contribution in [0.25, 0.3) is 0 Å². The third kappa shape index (κ3) is 3.57. The van der Waals surface area contributed by atoms with Gasteiger partial charge in [-0.05, 0) is 44.7 Å². The van der Waals surface area contributed by atoms with E-state index in [0.29, 0.717) is 17.7 Å². The zero-order chi connectivity index (χ0) is 17.1. The van der Waals surface area contributed by atoms with Crippen molar-refractivity contribution >= 4 is 22.4 Å². The van der Waals surface area contributed by atoms with Gasteiger partial charge in [0.15, 0.2) is 5.13 Å². The molecule has 0 aliphatic heterocycles. The summed E-state index contributed by atoms with van der Waals surface area (Å²) in [6, 6.07) is 5.50. The molecule has 3 N–H and O–H groups in total. The van der Waals surface area contributed by atoms with Crippen LogP contribution < -0.4 is 10.6 Å². The highest BCUT2D eigenvalue weighted by Crippen LogP contribution is 2.37. The molecule has 0 aromatic carbocycles. The fraction of sp³-hybridized carbons (Fsp3) is 0.471. The summed E-state index contributed by atoms with van der Waals surface area (Å²) in [5, 5.41) is 16.6. The van der Waals surface area contributed by atoms with E-state index in [1.54, 1.807) is 6.20 Å². The van der Waals surface area contributed by atoms with Crippen LogP contribution in [0, 0.1) is 12.8 Å². The Morgan fingerprint density at radius 3 is 2.88 bits per heavy atom. The van der Waals surface area contributed by atoms with Crippen LogP contribution in [0.2, 0.25) is 0 Å². The van der Waals surface area contributed by atoms with E-state index < -0.39 is 0 Å². The van der Waals surface area contributed by atoms with Gasteiger partial charge in [-0.3, -0.25) is 9.78 Å². The molecule has 1 unspecified atom stereocenters. The van der Waals surface area contributed by atoms with Gasteiger partial charge in [-0.2, -0.15) is 0 Å². The van der Waals surface area contributed by atoms with Crippen molar-refractivity contribution in [1.82, 2.24) is 15.3 Å². The Hall–Kier alpha value is -1.99. The Bertz CT molecular complexity index is 698. The zero-order valence-corrected chi connectivity index (χ0v) is 14.6. The summed E-state index contributed by atoms with van der Waals surface area (Å²) in [6.45, 7) is 4.61. The molecule has 3 rings (SSSR count). The minimum atomic E-state index is -0.274. The van der Waals surface area contributed by atoms with E-state index in [1.165, 1.54) is 11.3 Å². The lowest BCUT2D eigenvalue weighted by Gasteiger charge is -2.37. The number of hydrogen-bond acceptors (Lipinski definition) is 6. The van der Waals surface area contributed by atoms with E-state index >= 15 is 0 Å². The standard InChI is InChI=1S/C17H22N4O2S/c1-3-18-17-20-10(2)15(24-17)16(23)21-14(11-8-12(22)9-11)13-6-4-5-7-19-13/h4-7,11-12,14,22H,3,8-9H2,1-2H3,(H,18,20)(H,21,23). The van der Waals surface area contributed by atoms with E-state index in [0.717, 1.165) is 23.1 Å². The number of amides is 1. The second-order valence-corrected chi connectivity index (χ2v) is 7.05. The monoisotopic (exact) mass is 346 g/mol. The molecule has 24 heavy (non-hydrogen) atoms. The number of pyridine rings is 1. The summed E-state index contributed by atoms with van der Waals surface area (Å²) in [7, 11) is 0. The summed E-state index contributed by atoms with van der Waals surface area (Å²) >= 11 is 1.36. The first-order valence-electron chi connectivity index (χ1n) is 8.19. The van der Waals surface area contributed by atoms with Crippen LogP contribution >= 0.6 is 11.3 Å². The van der Waals surface area contributed by atoms with Crippen LogP contribution in [-0.2, 0) is 0 Å². The molecule has 6 nitrogen and oxygen atoms in total. The van der Waals surface area contributed by atoms with Crippen molar-refractivity contribution < 1.29 is 9.90 Å². The number of aromatic nitrogens is 2. The third-order valence-corrected chi connectivity index (χ3v) is 5.36. The number of rotatable bonds is 6. The van der Waals surface area contributed by atoms with E-state index in [-0.39, 0.29) is 24.0 Å². The number of aliphatic hydroxyl groups excluding tert-OH is 1. The van der Waals surface area contributed by atoms with Crippen LogP contribution in [-0.4, -0.2) is 33.6 Å². The van der Waals surface area contributed by atoms with Gasteiger partial charge in [-0.25, -0.2) is 4.98 Å². The summed E-state index contributed by atoms with van der Waals surface area (Å²) in [5.74, 6) is 0.0755. The van der Waals surface area contributed by atoms with Gasteiger partial charge < -0.3 is 15.7 Å². The largest absolute Gasteiger partial charge is 0.393 e. The maximum absolute atomic E-state index is 12.7. The highest BCUT2D eigenvalue weighted by atomic mass is 32.1. The predicted octanol–water partition coefficient (Wildman–Crippen LogP) is 2.52. The molecule has 0 spiro atoms. The molecule has 2 aromatic rings. The quantitative estimate of drug-likeness (QED) is 0.748. The average Bonchev–Trinajstić information content (AvgIpc) is 2.92. The molecule has 0 saturated heterocycles. The number of aliphatic hydroxyl groups is 1. The lowest BCUT2D eigenvalue weighted by Crippen LogP contribution is -2.41. The Balaban J connectivity index is 1.78. The number of aryl methyl sites for hydroxylation is 1. The Morgan fingerprint density at radius 1 is 1.46 bits per heavy atom. The highest BCUT2D eigenvalue weighted by Gasteiger charge is 2.36. The second-order valence-electron chi connectivity index (χ2n) is 6.05. The van der Waals surface area contributed by atoms with Crippen molar-refractivity contribution in [3.8, 4) is 0 Å². The fourth-order valence-electron chi connectivity index (χ4n) is 2.94. The van der Waals surface area contributed by atoms with Gasteiger partial charge in [0.1, 0.15) is 4.88 Å². The molecule has 0 radical (unpaired) electrons. The van der Waals surface area contributed by atoms with E-state index in [2.05, 4.69) is 20.6 Å². The van der Waals surface area contributed by atoms with Gasteiger partial charge in [0.25, 0.3) is 5.91 Å². The van der Waals surface area contributed by atoms with Gasteiger partial charge >= 0.3 is 0 Å². The van der Waals surface area contributed by atoms with Gasteiger partial charge in [0.05, 0.1) is 23.5 Å². The number of thiazole rings is 1. The molecule has 128 valence electrons. The van der Waals surface area contributed by atoms with Crippen LogP contribution in [0.1, 0.15) is 46.9 Å². The van der Waals surface area contributed by atoms with Crippen molar-refractivity contribution in [2.45, 2.75) is 38.8 Å². The first-order valence-corrected chi connectivity index (χ1v) is 9.01. The van der Waals surface area contributed by atoms with Gasteiger partial charge in [-0.15, -0.1) is 0 Å². The van der Waals surface area contributed by atoms with E-state index in [4.69, 9.17) is 0 Å². The first-order chi connectivity index (χ1) is 11.6. The highest BCUT2D eigenvalue weighted by molar-refractivity contribution is 7.17. The minimum absolute atomic E-state index is 0.133. The number of nitrogens with one attached hydrogen (secondary N) is 2. The van der Waals surface area contributed by atoms with Crippen molar-refractivity contribution in [3.05, 3.63) is 40.7 Å². The van der Waals surface area contributed by atoms with Gasteiger partial charge in [-0.1, -0.05) is 17.4 Å². The molecule has 1 amide bonds. The smallest absolute Gasteiger partial charge is 0.263 e. The maximum atomic E-state index is 12.7. The third-order valence-electron chi connectivity index (χ3n) is 4.24. The average molecular weight is 346 g/mol. The van der Waals surface area contributed by atoms with Crippen LogP contribution in [0.15, 0.2) is 24.4 Å². The number of carbonyl (C=O) groups is 1. The Labute approximate surface area is 145 Å². The number of anilines is 1. The van der Waals surface area contributed by atoms with Crippen LogP contribution in [0.5, 0.6) is 0 Å². The van der Waals surface area contributed by atoms with E-state index in [1.807, 2.05) is 32.0 Å². The Morgan fingerprint density at radius 2 is 2.25 bits per heavy atom. The van der Waals surface area contributed by atoms with Gasteiger partial charge in [0, 0.05) is 12.7 Å². The zero-order valence-electron chi connectivity index (χ0n) is 13.8. The molecule has 1 atom stereocenters. The summed E-state index contributed by atoms with van der Waals surface area (Å²) in [6.07, 6.45) is 2.83. The predicted molar refractivity (Wildman–Crippen MR) is 94.2 cm³/mol. The van der Waals surface area contributed by atoms with Crippen molar-refractivity contribution in [1.29, 1.82) is 0 Å². The molecular formula is C17H22N4O2S. The molecule has 1 aliphatic rings. The summed E-state index contributed by atoms with van der Waals surface area (Å²) in [4.78, 5) is 22.1.